The van der Waals surface area contributed by atoms with Gasteiger partial charge in [0.05, 0.1) is 26.1 Å². The van der Waals surface area contributed by atoms with Crippen LogP contribution >= 0.6 is 34.4 Å². The maximum atomic E-state index is 12.3. The van der Waals surface area contributed by atoms with Gasteiger partial charge in [0.25, 0.3) is 0 Å². The lowest BCUT2D eigenvalue weighted by Gasteiger charge is -2.03. The van der Waals surface area contributed by atoms with Crippen molar-refractivity contribution in [3.63, 3.8) is 0 Å². The van der Waals surface area contributed by atoms with Crippen molar-refractivity contribution in [2.75, 3.05) is 11.6 Å². The van der Waals surface area contributed by atoms with E-state index >= 15 is 0 Å². The molecule has 3 aromatic heterocycles. The minimum atomic E-state index is -0.129. The molecule has 0 fully saturated rings. The van der Waals surface area contributed by atoms with E-state index in [4.69, 9.17) is 0 Å². The summed E-state index contributed by atoms with van der Waals surface area (Å²) in [7, 11) is 0. The van der Waals surface area contributed by atoms with Gasteiger partial charge >= 0.3 is 0 Å². The molecule has 0 aliphatic rings. The summed E-state index contributed by atoms with van der Waals surface area (Å²) in [5.74, 6) is -0.129. The molecule has 1 aromatic carbocycles. The van der Waals surface area contributed by atoms with Crippen LogP contribution in [0.1, 0.15) is 11.4 Å². The van der Waals surface area contributed by atoms with Crippen LogP contribution in [-0.4, -0.2) is 31.9 Å². The molecule has 9 heteroatoms. The van der Waals surface area contributed by atoms with Gasteiger partial charge in [-0.1, -0.05) is 23.1 Å². The molecular formula is C16H15N5OS3. The number of hydrogen-bond donors (Lipinski definition) is 1. The molecule has 0 bridgehead atoms. The van der Waals surface area contributed by atoms with Crippen LogP contribution in [0.15, 0.2) is 22.5 Å². The Morgan fingerprint density at radius 3 is 2.60 bits per heavy atom. The first-order valence-electron chi connectivity index (χ1n) is 7.58. The number of nitrogens with one attached hydrogen (secondary N) is 1. The van der Waals surface area contributed by atoms with Gasteiger partial charge in [-0.2, -0.15) is 5.10 Å². The molecule has 1 N–H and O–H groups in total. The second-order valence-electron chi connectivity index (χ2n) is 5.60. The summed E-state index contributed by atoms with van der Waals surface area (Å²) in [5, 5.41) is 7.81. The lowest BCUT2D eigenvalue weighted by molar-refractivity contribution is -0.116. The standard InChI is InChI=1S/C16H15N5OS3/c1-8-6-9(2)21(20-8)7-12(22)19-15-17-10-4-5-11-14(13(10)24-15)25-16(18-11)23-3/h4-6H,7H2,1-3H3,(H,17,19,22). The van der Waals surface area contributed by atoms with Crippen LogP contribution in [0.2, 0.25) is 0 Å². The summed E-state index contributed by atoms with van der Waals surface area (Å²) in [4.78, 5) is 21.4. The van der Waals surface area contributed by atoms with E-state index in [-0.39, 0.29) is 12.5 Å². The van der Waals surface area contributed by atoms with E-state index < -0.39 is 0 Å². The van der Waals surface area contributed by atoms with Crippen LogP contribution in [0, 0.1) is 13.8 Å². The molecule has 0 saturated carbocycles. The van der Waals surface area contributed by atoms with Crippen LogP contribution in [0.3, 0.4) is 0 Å². The van der Waals surface area contributed by atoms with Crippen molar-refractivity contribution in [3.05, 3.63) is 29.6 Å². The maximum Gasteiger partial charge on any atom is 0.247 e. The van der Waals surface area contributed by atoms with E-state index in [1.807, 2.05) is 38.3 Å². The Morgan fingerprint density at radius 1 is 1.20 bits per heavy atom. The number of carbonyl (C=O) groups excluding carboxylic acids is 1. The fraction of sp³-hybridized carbons (Fsp3) is 0.250. The quantitative estimate of drug-likeness (QED) is 0.533. The number of fused-ring (bicyclic) bond motifs is 3. The number of nitrogens with zero attached hydrogens (tertiary/aromatic N) is 4. The third-order valence-electron chi connectivity index (χ3n) is 3.71. The molecule has 0 unspecified atom stereocenters. The topological polar surface area (TPSA) is 72.7 Å². The first-order chi connectivity index (χ1) is 12.0. The Hall–Kier alpha value is -1.97. The number of aromatic nitrogens is 4. The predicted molar refractivity (Wildman–Crippen MR) is 105 cm³/mol. The van der Waals surface area contributed by atoms with Crippen molar-refractivity contribution in [2.45, 2.75) is 24.7 Å². The third-order valence-corrected chi connectivity index (χ3v) is 6.92. The summed E-state index contributed by atoms with van der Waals surface area (Å²) in [6.07, 6.45) is 2.02. The number of rotatable bonds is 4. The summed E-state index contributed by atoms with van der Waals surface area (Å²) >= 11 is 4.79. The summed E-state index contributed by atoms with van der Waals surface area (Å²) in [6.45, 7) is 4.04. The Kier molecular flexibility index (Phi) is 4.22. The zero-order valence-corrected chi connectivity index (χ0v) is 16.3. The minimum Gasteiger partial charge on any atom is -0.300 e. The number of benzene rings is 1. The van der Waals surface area contributed by atoms with E-state index in [2.05, 4.69) is 20.4 Å². The van der Waals surface area contributed by atoms with Gasteiger partial charge in [-0.25, -0.2) is 9.97 Å². The lowest BCUT2D eigenvalue weighted by atomic mass is 10.3. The number of thiazole rings is 2. The van der Waals surface area contributed by atoms with Crippen molar-refractivity contribution in [1.29, 1.82) is 0 Å². The maximum absolute atomic E-state index is 12.3. The number of thioether (sulfide) groups is 1. The molecule has 0 aliphatic carbocycles. The van der Waals surface area contributed by atoms with Crippen molar-refractivity contribution < 1.29 is 4.79 Å². The fourth-order valence-corrected chi connectivity index (χ4v) is 5.30. The SMILES string of the molecule is CSc1nc2ccc3nc(NC(=O)Cn4nc(C)cc4C)sc3c2s1. The average Bonchev–Trinajstić information content (AvgIpc) is 3.23. The van der Waals surface area contributed by atoms with Crippen LogP contribution < -0.4 is 5.32 Å². The molecule has 3 heterocycles. The van der Waals surface area contributed by atoms with Crippen LogP contribution in [0.5, 0.6) is 0 Å². The number of hydrogen-bond acceptors (Lipinski definition) is 7. The Labute approximate surface area is 156 Å². The van der Waals surface area contributed by atoms with Crippen molar-refractivity contribution in [1.82, 2.24) is 19.7 Å². The molecular weight excluding hydrogens is 374 g/mol. The van der Waals surface area contributed by atoms with E-state index in [1.165, 1.54) is 11.3 Å². The third kappa shape index (κ3) is 3.14. The molecule has 0 spiro atoms. The molecule has 25 heavy (non-hydrogen) atoms. The van der Waals surface area contributed by atoms with Gasteiger partial charge in [-0.15, -0.1) is 11.3 Å². The van der Waals surface area contributed by atoms with Crippen molar-refractivity contribution >= 4 is 65.9 Å². The molecule has 1 amide bonds. The highest BCUT2D eigenvalue weighted by Gasteiger charge is 2.14. The smallest absolute Gasteiger partial charge is 0.247 e. The monoisotopic (exact) mass is 389 g/mol. The van der Waals surface area contributed by atoms with Gasteiger partial charge in [0.15, 0.2) is 9.47 Å². The Bertz CT molecular complexity index is 1090. The second-order valence-corrected chi connectivity index (χ2v) is 8.65. The number of aryl methyl sites for hydroxylation is 2. The fourth-order valence-electron chi connectivity index (χ4n) is 2.62. The molecule has 4 rings (SSSR count). The second kappa shape index (κ2) is 6.40. The van der Waals surface area contributed by atoms with E-state index in [1.54, 1.807) is 27.8 Å². The van der Waals surface area contributed by atoms with E-state index in [9.17, 15) is 4.79 Å². The van der Waals surface area contributed by atoms with E-state index in [0.717, 1.165) is 36.2 Å². The van der Waals surface area contributed by atoms with Crippen molar-refractivity contribution in [3.8, 4) is 0 Å². The Morgan fingerprint density at radius 2 is 1.92 bits per heavy atom. The first-order valence-corrected chi connectivity index (χ1v) is 10.4. The zero-order chi connectivity index (χ0) is 17.6. The first kappa shape index (κ1) is 16.5. The number of carbonyl (C=O) groups is 1. The highest BCUT2D eigenvalue weighted by molar-refractivity contribution is 8.00. The Balaban J connectivity index is 1.61. The largest absolute Gasteiger partial charge is 0.300 e. The van der Waals surface area contributed by atoms with Gasteiger partial charge in [-0.3, -0.25) is 9.48 Å². The number of amides is 1. The highest BCUT2D eigenvalue weighted by atomic mass is 32.2. The summed E-state index contributed by atoms with van der Waals surface area (Å²) < 4.78 is 4.92. The lowest BCUT2D eigenvalue weighted by Crippen LogP contribution is -2.20. The predicted octanol–water partition coefficient (Wildman–Crippen LogP) is 4.08. The van der Waals surface area contributed by atoms with Gasteiger partial charge in [0, 0.05) is 5.69 Å². The van der Waals surface area contributed by atoms with Crippen LogP contribution in [0.25, 0.3) is 20.4 Å². The molecule has 0 aliphatic heterocycles. The van der Waals surface area contributed by atoms with Gasteiger partial charge in [0.1, 0.15) is 6.54 Å². The molecule has 128 valence electrons. The van der Waals surface area contributed by atoms with Crippen molar-refractivity contribution in [2.24, 2.45) is 0 Å². The molecule has 0 atom stereocenters. The van der Waals surface area contributed by atoms with Crippen LogP contribution in [0.4, 0.5) is 5.13 Å². The van der Waals surface area contributed by atoms with Crippen LogP contribution in [-0.2, 0) is 11.3 Å². The average molecular weight is 390 g/mol. The summed E-state index contributed by atoms with van der Waals surface area (Å²) in [5.41, 5.74) is 3.73. The molecule has 6 nitrogen and oxygen atoms in total. The summed E-state index contributed by atoms with van der Waals surface area (Å²) in [6, 6.07) is 5.89. The van der Waals surface area contributed by atoms with Gasteiger partial charge < -0.3 is 5.32 Å². The molecule has 0 saturated heterocycles. The van der Waals surface area contributed by atoms with Gasteiger partial charge in [-0.05, 0) is 38.3 Å². The minimum absolute atomic E-state index is 0.129. The highest BCUT2D eigenvalue weighted by Crippen LogP contribution is 2.37. The number of anilines is 1. The molecule has 4 aromatic rings. The normalized spacial score (nSPS) is 11.5. The zero-order valence-electron chi connectivity index (χ0n) is 13.9. The van der Waals surface area contributed by atoms with E-state index in [0.29, 0.717) is 5.13 Å². The molecule has 0 radical (unpaired) electrons. The van der Waals surface area contributed by atoms with Gasteiger partial charge in [0.2, 0.25) is 5.91 Å².